The molecule has 3 N–H and O–H groups in total. The van der Waals surface area contributed by atoms with Gasteiger partial charge in [0.15, 0.2) is 0 Å². The Morgan fingerprint density at radius 3 is 2.77 bits per heavy atom. The van der Waals surface area contributed by atoms with Crippen LogP contribution in [0.2, 0.25) is 5.02 Å². The lowest BCUT2D eigenvalue weighted by atomic mass is 9.81. The second-order valence-electron chi connectivity index (χ2n) is 7.87. The molecule has 2 atom stereocenters. The summed E-state index contributed by atoms with van der Waals surface area (Å²) in [5, 5.41) is 14.5. The highest BCUT2D eigenvalue weighted by atomic mass is 35.5. The summed E-state index contributed by atoms with van der Waals surface area (Å²) in [4.78, 5) is 12.8. The molecule has 1 amide bonds. The fourth-order valence-corrected chi connectivity index (χ4v) is 4.30. The van der Waals surface area contributed by atoms with E-state index < -0.39 is 0 Å². The second-order valence-corrected chi connectivity index (χ2v) is 8.30. The molecule has 1 aliphatic heterocycles. The third kappa shape index (κ3) is 3.71. The van der Waals surface area contributed by atoms with Crippen LogP contribution in [0.1, 0.15) is 55.3 Å². The fourth-order valence-electron chi connectivity index (χ4n) is 4.11. The van der Waals surface area contributed by atoms with Gasteiger partial charge < -0.3 is 11.1 Å². The lowest BCUT2D eigenvalue weighted by Gasteiger charge is -2.33. The van der Waals surface area contributed by atoms with Crippen molar-refractivity contribution < 1.29 is 4.79 Å². The summed E-state index contributed by atoms with van der Waals surface area (Å²) in [6.07, 6.45) is 7.87. The lowest BCUT2D eigenvalue weighted by molar-refractivity contribution is 0.0896. The van der Waals surface area contributed by atoms with Crippen LogP contribution in [0.15, 0.2) is 34.6 Å². The third-order valence-corrected chi connectivity index (χ3v) is 6.14. The molecule has 2 fully saturated rings. The molecular formula is C19H26ClN5O. The zero-order valence-corrected chi connectivity index (χ0v) is 15.7. The Balaban J connectivity index is 1.49. The molecule has 7 heteroatoms. The predicted octanol–water partition coefficient (Wildman–Crippen LogP) is 3.52. The summed E-state index contributed by atoms with van der Waals surface area (Å²) in [5.41, 5.74) is 6.54. The summed E-state index contributed by atoms with van der Waals surface area (Å²) < 4.78 is 0. The van der Waals surface area contributed by atoms with E-state index in [9.17, 15) is 4.79 Å². The highest BCUT2D eigenvalue weighted by Crippen LogP contribution is 2.39. The Bertz CT molecular complexity index is 699. The van der Waals surface area contributed by atoms with Crippen LogP contribution in [0, 0.1) is 5.92 Å². The number of halogens is 1. The first-order valence-electron chi connectivity index (χ1n) is 9.59. The summed E-state index contributed by atoms with van der Waals surface area (Å²) in [6, 6.07) is 7.02. The zero-order valence-electron chi connectivity index (χ0n) is 14.9. The SMILES string of the molecule is NC1(N2CC([C@@H](NC(=O)c3cccc(Cl)c3)C3CCCCC3)N=N2)CC1. The quantitative estimate of drug-likeness (QED) is 0.825. The Kier molecular flexibility index (Phi) is 4.88. The highest BCUT2D eigenvalue weighted by molar-refractivity contribution is 6.30. The lowest BCUT2D eigenvalue weighted by Crippen LogP contribution is -2.51. The number of amides is 1. The standard InChI is InChI=1S/C19H26ClN5O/c20-15-8-4-7-14(11-15)18(26)22-17(13-5-2-1-3-6-13)16-12-25(24-23-16)19(21)9-10-19/h4,7-8,11,13,16-17H,1-3,5-6,9-10,12,21H2,(H,22,26)/t16?,17-/m0/s1. The van der Waals surface area contributed by atoms with Gasteiger partial charge in [0, 0.05) is 10.6 Å². The first-order chi connectivity index (χ1) is 12.5. The molecule has 2 saturated carbocycles. The van der Waals surface area contributed by atoms with Gasteiger partial charge in [-0.25, -0.2) is 0 Å². The molecule has 1 aromatic carbocycles. The first-order valence-corrected chi connectivity index (χ1v) is 9.97. The number of hydrogen-bond donors (Lipinski definition) is 2. The van der Waals surface area contributed by atoms with Crippen molar-refractivity contribution in [3.8, 4) is 0 Å². The van der Waals surface area contributed by atoms with Gasteiger partial charge in [0.2, 0.25) is 0 Å². The average molecular weight is 376 g/mol. The van der Waals surface area contributed by atoms with Crippen molar-refractivity contribution in [3.63, 3.8) is 0 Å². The Morgan fingerprint density at radius 2 is 2.08 bits per heavy atom. The van der Waals surface area contributed by atoms with Gasteiger partial charge in [0.05, 0.1) is 12.6 Å². The van der Waals surface area contributed by atoms with Crippen LogP contribution < -0.4 is 11.1 Å². The van der Waals surface area contributed by atoms with E-state index in [1.807, 2.05) is 5.01 Å². The van der Waals surface area contributed by atoms with Gasteiger partial charge in [0.1, 0.15) is 11.7 Å². The van der Waals surface area contributed by atoms with Crippen LogP contribution >= 0.6 is 11.6 Å². The molecule has 6 nitrogen and oxygen atoms in total. The fraction of sp³-hybridized carbons (Fsp3) is 0.632. The number of nitrogens with one attached hydrogen (secondary N) is 1. The number of benzene rings is 1. The minimum Gasteiger partial charge on any atom is -0.347 e. The monoisotopic (exact) mass is 375 g/mol. The van der Waals surface area contributed by atoms with Crippen LogP contribution in [-0.2, 0) is 0 Å². The summed E-state index contributed by atoms with van der Waals surface area (Å²) >= 11 is 6.04. The molecule has 1 aromatic rings. The third-order valence-electron chi connectivity index (χ3n) is 5.90. The summed E-state index contributed by atoms with van der Waals surface area (Å²) in [6.45, 7) is 0.688. The minimum absolute atomic E-state index is 0.0159. The molecular weight excluding hydrogens is 350 g/mol. The van der Waals surface area contributed by atoms with Gasteiger partial charge >= 0.3 is 0 Å². The van der Waals surface area contributed by atoms with Gasteiger partial charge in [-0.15, -0.1) is 0 Å². The van der Waals surface area contributed by atoms with Crippen molar-refractivity contribution >= 4 is 17.5 Å². The molecule has 3 aliphatic rings. The largest absolute Gasteiger partial charge is 0.347 e. The van der Waals surface area contributed by atoms with Crippen molar-refractivity contribution in [1.29, 1.82) is 0 Å². The number of carbonyl (C=O) groups is 1. The van der Waals surface area contributed by atoms with Crippen LogP contribution in [-0.4, -0.2) is 35.2 Å². The molecule has 1 unspecified atom stereocenters. The van der Waals surface area contributed by atoms with E-state index in [4.69, 9.17) is 17.3 Å². The molecule has 4 rings (SSSR count). The number of carbonyl (C=O) groups excluding carboxylic acids is 1. The molecule has 0 aromatic heterocycles. The predicted molar refractivity (Wildman–Crippen MR) is 101 cm³/mol. The van der Waals surface area contributed by atoms with Crippen molar-refractivity contribution in [2.75, 3.05) is 6.54 Å². The maximum atomic E-state index is 12.8. The number of hydrogen-bond acceptors (Lipinski definition) is 5. The molecule has 0 saturated heterocycles. The minimum atomic E-state index is -0.313. The van der Waals surface area contributed by atoms with E-state index in [0.717, 1.165) is 25.7 Å². The Morgan fingerprint density at radius 1 is 1.31 bits per heavy atom. The van der Waals surface area contributed by atoms with Crippen LogP contribution in [0.3, 0.4) is 0 Å². The molecule has 2 aliphatic carbocycles. The normalized spacial score (nSPS) is 25.9. The number of nitrogens with zero attached hydrogens (tertiary/aromatic N) is 3. The maximum absolute atomic E-state index is 12.8. The van der Waals surface area contributed by atoms with Crippen molar-refractivity contribution in [2.45, 2.75) is 62.7 Å². The van der Waals surface area contributed by atoms with Crippen LogP contribution in [0.25, 0.3) is 0 Å². The smallest absolute Gasteiger partial charge is 0.251 e. The van der Waals surface area contributed by atoms with E-state index in [2.05, 4.69) is 15.7 Å². The maximum Gasteiger partial charge on any atom is 0.251 e. The van der Waals surface area contributed by atoms with Crippen molar-refractivity contribution in [2.24, 2.45) is 22.0 Å². The van der Waals surface area contributed by atoms with Gasteiger partial charge in [-0.3, -0.25) is 9.80 Å². The highest BCUT2D eigenvalue weighted by Gasteiger charge is 2.48. The average Bonchev–Trinajstić information content (AvgIpc) is 3.20. The Hall–Kier alpha value is -1.66. The number of rotatable bonds is 5. The molecule has 26 heavy (non-hydrogen) atoms. The topological polar surface area (TPSA) is 83.1 Å². The van der Waals surface area contributed by atoms with Crippen LogP contribution in [0.4, 0.5) is 0 Å². The molecule has 1 heterocycles. The van der Waals surface area contributed by atoms with Gasteiger partial charge in [-0.1, -0.05) is 42.2 Å². The molecule has 0 radical (unpaired) electrons. The molecule has 140 valence electrons. The summed E-state index contributed by atoms with van der Waals surface area (Å²) in [5.74, 6) is 0.342. The number of nitrogens with two attached hydrogens (primary N) is 1. The van der Waals surface area contributed by atoms with Gasteiger partial charge in [-0.05, 0) is 49.8 Å². The van der Waals surface area contributed by atoms with Gasteiger partial charge in [0.25, 0.3) is 5.91 Å². The van der Waals surface area contributed by atoms with E-state index >= 15 is 0 Å². The van der Waals surface area contributed by atoms with E-state index in [0.29, 0.717) is 23.0 Å². The Labute approximate surface area is 159 Å². The molecule has 0 bridgehead atoms. The van der Waals surface area contributed by atoms with Crippen LogP contribution in [0.5, 0.6) is 0 Å². The van der Waals surface area contributed by atoms with E-state index in [-0.39, 0.29) is 23.7 Å². The van der Waals surface area contributed by atoms with Crippen molar-refractivity contribution in [1.82, 2.24) is 10.3 Å². The summed E-state index contributed by atoms with van der Waals surface area (Å²) in [7, 11) is 0. The van der Waals surface area contributed by atoms with E-state index in [1.165, 1.54) is 19.3 Å². The van der Waals surface area contributed by atoms with Gasteiger partial charge in [-0.2, -0.15) is 5.11 Å². The zero-order chi connectivity index (χ0) is 18.1. The van der Waals surface area contributed by atoms with E-state index in [1.54, 1.807) is 24.3 Å². The first kappa shape index (κ1) is 17.7. The van der Waals surface area contributed by atoms with Crippen molar-refractivity contribution in [3.05, 3.63) is 34.9 Å². The second kappa shape index (κ2) is 7.16. The molecule has 0 spiro atoms.